The van der Waals surface area contributed by atoms with Gasteiger partial charge in [0, 0.05) is 18.4 Å². The highest BCUT2D eigenvalue weighted by Gasteiger charge is 2.56. The lowest BCUT2D eigenvalue weighted by molar-refractivity contribution is -0.123. The van der Waals surface area contributed by atoms with E-state index >= 15 is 0 Å². The van der Waals surface area contributed by atoms with Gasteiger partial charge >= 0.3 is 0 Å². The summed E-state index contributed by atoms with van der Waals surface area (Å²) in [4.78, 5) is 0. The second kappa shape index (κ2) is 7.84. The van der Waals surface area contributed by atoms with E-state index in [1.54, 1.807) is 0 Å². The van der Waals surface area contributed by atoms with Gasteiger partial charge in [0.1, 0.15) is 0 Å². The average Bonchev–Trinajstić information content (AvgIpc) is 2.66. The summed E-state index contributed by atoms with van der Waals surface area (Å²) >= 11 is 0. The maximum absolute atomic E-state index is 12.0. The van der Waals surface area contributed by atoms with Crippen LogP contribution in [0, 0.1) is 29.6 Å². The van der Waals surface area contributed by atoms with E-state index in [1.165, 1.54) is 18.4 Å². The van der Waals surface area contributed by atoms with E-state index in [0.29, 0.717) is 36.5 Å². The minimum absolute atomic E-state index is 0.0407. The highest BCUT2D eigenvalue weighted by Crippen LogP contribution is 2.57. The molecule has 3 aliphatic rings. The Morgan fingerprint density at radius 3 is 2.61 bits per heavy atom. The van der Waals surface area contributed by atoms with Gasteiger partial charge in [0.2, 0.25) is 0 Å². The third-order valence-corrected chi connectivity index (χ3v) is 7.85. The normalized spacial score (nSPS) is 38.2. The van der Waals surface area contributed by atoms with Crippen LogP contribution in [0.5, 0.6) is 0 Å². The first-order valence-electron chi connectivity index (χ1n) is 11.2. The first-order valence-corrected chi connectivity index (χ1v) is 11.2. The molecule has 3 nitrogen and oxygen atoms in total. The van der Waals surface area contributed by atoms with Gasteiger partial charge in [0.15, 0.2) is 0 Å². The van der Waals surface area contributed by atoms with Gasteiger partial charge in [0.05, 0.1) is 24.1 Å². The lowest BCUT2D eigenvalue weighted by atomic mass is 9.53. The van der Waals surface area contributed by atoms with Crippen LogP contribution in [0.2, 0.25) is 0 Å². The fourth-order valence-electron chi connectivity index (χ4n) is 6.46. The Morgan fingerprint density at radius 2 is 1.89 bits per heavy atom. The van der Waals surface area contributed by atoms with Crippen molar-refractivity contribution in [3.63, 3.8) is 0 Å². The molecule has 154 valence electrons. The van der Waals surface area contributed by atoms with Gasteiger partial charge in [0.25, 0.3) is 0 Å². The predicted molar refractivity (Wildman–Crippen MR) is 112 cm³/mol. The number of aliphatic hydroxyl groups is 2. The Bertz CT molecular complexity index is 710. The summed E-state index contributed by atoms with van der Waals surface area (Å²) in [5.41, 5.74) is 1.25. The van der Waals surface area contributed by atoms with Gasteiger partial charge < -0.3 is 14.9 Å². The van der Waals surface area contributed by atoms with Crippen LogP contribution >= 0.6 is 0 Å². The lowest BCUT2D eigenvalue weighted by Crippen LogP contribution is -2.56. The van der Waals surface area contributed by atoms with Crippen LogP contribution in [0.1, 0.15) is 64.9 Å². The summed E-state index contributed by atoms with van der Waals surface area (Å²) in [6.45, 7) is 7.48. The quantitative estimate of drug-likeness (QED) is 0.706. The molecule has 2 N–H and O–H groups in total. The number of aliphatic hydroxyl groups excluding tert-OH is 1. The van der Waals surface area contributed by atoms with Crippen LogP contribution in [0.4, 0.5) is 0 Å². The first-order chi connectivity index (χ1) is 13.4. The SMILES string of the molecule is CC(C)[C@@H]1CC[C@@H](C)[C@@H]2CCC(O)=C3[C@H]1CC(OCc1ccccc1)CC32O. The van der Waals surface area contributed by atoms with Crippen molar-refractivity contribution >= 4 is 0 Å². The number of hydrogen-bond donors (Lipinski definition) is 2. The molecule has 0 radical (unpaired) electrons. The van der Waals surface area contributed by atoms with E-state index in [9.17, 15) is 10.2 Å². The minimum Gasteiger partial charge on any atom is -0.512 e. The fraction of sp³-hybridized carbons (Fsp3) is 0.680. The zero-order valence-corrected chi connectivity index (χ0v) is 17.6. The molecule has 0 spiro atoms. The highest BCUT2D eigenvalue weighted by atomic mass is 16.5. The van der Waals surface area contributed by atoms with Crippen molar-refractivity contribution in [2.45, 2.75) is 77.6 Å². The molecule has 2 unspecified atom stereocenters. The van der Waals surface area contributed by atoms with Crippen molar-refractivity contribution in [2.75, 3.05) is 0 Å². The predicted octanol–water partition coefficient (Wildman–Crippen LogP) is 5.64. The van der Waals surface area contributed by atoms with E-state index < -0.39 is 5.60 Å². The Labute approximate surface area is 169 Å². The molecule has 3 aliphatic carbocycles. The van der Waals surface area contributed by atoms with Crippen LogP contribution < -0.4 is 0 Å². The van der Waals surface area contributed by atoms with Crippen LogP contribution in [-0.2, 0) is 11.3 Å². The van der Waals surface area contributed by atoms with Crippen LogP contribution in [0.15, 0.2) is 41.7 Å². The maximum atomic E-state index is 12.0. The topological polar surface area (TPSA) is 49.7 Å². The monoisotopic (exact) mass is 384 g/mol. The molecule has 0 aliphatic heterocycles. The van der Waals surface area contributed by atoms with Crippen molar-refractivity contribution in [3.8, 4) is 0 Å². The van der Waals surface area contributed by atoms with Crippen LogP contribution in [-0.4, -0.2) is 21.9 Å². The average molecular weight is 385 g/mol. The summed E-state index contributed by atoms with van der Waals surface area (Å²) in [5, 5.41) is 22.9. The molecule has 2 fully saturated rings. The summed E-state index contributed by atoms with van der Waals surface area (Å²) in [7, 11) is 0. The van der Waals surface area contributed by atoms with E-state index in [-0.39, 0.29) is 17.9 Å². The van der Waals surface area contributed by atoms with Crippen molar-refractivity contribution < 1.29 is 14.9 Å². The number of allylic oxidation sites excluding steroid dienone is 1. The van der Waals surface area contributed by atoms with Crippen molar-refractivity contribution in [2.24, 2.45) is 29.6 Å². The standard InChI is InChI=1S/C25H36O3/c1-16(2)20-10-9-17(3)22-11-12-23(26)24-21(20)13-19(14-25(22,24)27)28-15-18-7-5-4-6-8-18/h4-8,16-17,19-22,26-27H,9-15H2,1-3H3/t17-,19?,20+,21+,22+,25?/m1/s1. The Kier molecular flexibility index (Phi) is 5.59. The van der Waals surface area contributed by atoms with Crippen LogP contribution in [0.25, 0.3) is 0 Å². The van der Waals surface area contributed by atoms with E-state index in [4.69, 9.17) is 4.74 Å². The second-order valence-electron chi connectivity index (χ2n) is 9.86. The zero-order valence-electron chi connectivity index (χ0n) is 17.6. The van der Waals surface area contributed by atoms with Crippen LogP contribution in [0.3, 0.4) is 0 Å². The number of benzene rings is 1. The molecule has 4 bridgehead atoms. The molecule has 0 amide bonds. The minimum atomic E-state index is -0.903. The molecule has 4 rings (SSSR count). The maximum Gasteiger partial charge on any atom is 0.0949 e. The number of rotatable bonds is 4. The molecule has 3 heteroatoms. The van der Waals surface area contributed by atoms with Gasteiger partial charge in [-0.15, -0.1) is 0 Å². The van der Waals surface area contributed by atoms with E-state index in [2.05, 4.69) is 32.9 Å². The van der Waals surface area contributed by atoms with Gasteiger partial charge in [-0.1, -0.05) is 57.5 Å². The number of ether oxygens (including phenoxy) is 1. The molecular formula is C25H36O3. The van der Waals surface area contributed by atoms with Gasteiger partial charge in [-0.05, 0) is 54.4 Å². The molecule has 0 aromatic heterocycles. The third-order valence-electron chi connectivity index (χ3n) is 7.85. The molecule has 1 aromatic rings. The Morgan fingerprint density at radius 1 is 1.14 bits per heavy atom. The molecule has 1 aromatic carbocycles. The van der Waals surface area contributed by atoms with Gasteiger partial charge in [-0.3, -0.25) is 0 Å². The Hall–Kier alpha value is -1.32. The van der Waals surface area contributed by atoms with Crippen molar-refractivity contribution in [1.82, 2.24) is 0 Å². The first kappa shape index (κ1) is 20.0. The summed E-state index contributed by atoms with van der Waals surface area (Å²) in [6, 6.07) is 10.3. The smallest absolute Gasteiger partial charge is 0.0949 e. The summed E-state index contributed by atoms with van der Waals surface area (Å²) < 4.78 is 6.37. The zero-order chi connectivity index (χ0) is 19.9. The van der Waals surface area contributed by atoms with E-state index in [0.717, 1.165) is 24.8 Å². The molecular weight excluding hydrogens is 348 g/mol. The summed E-state index contributed by atoms with van der Waals surface area (Å²) in [6.07, 6.45) is 5.54. The number of hydrogen-bond acceptors (Lipinski definition) is 3. The van der Waals surface area contributed by atoms with Crippen molar-refractivity contribution in [1.29, 1.82) is 0 Å². The largest absolute Gasteiger partial charge is 0.512 e. The third kappa shape index (κ3) is 3.52. The second-order valence-corrected chi connectivity index (χ2v) is 9.86. The molecule has 6 atom stereocenters. The highest BCUT2D eigenvalue weighted by molar-refractivity contribution is 5.32. The molecule has 0 saturated heterocycles. The molecule has 2 saturated carbocycles. The van der Waals surface area contributed by atoms with Crippen molar-refractivity contribution in [3.05, 3.63) is 47.2 Å². The molecule has 0 heterocycles. The fourth-order valence-corrected chi connectivity index (χ4v) is 6.46. The van der Waals surface area contributed by atoms with Gasteiger partial charge in [-0.2, -0.15) is 0 Å². The lowest BCUT2D eigenvalue weighted by Gasteiger charge is -2.55. The molecule has 28 heavy (non-hydrogen) atoms. The van der Waals surface area contributed by atoms with Gasteiger partial charge in [-0.25, -0.2) is 0 Å². The van der Waals surface area contributed by atoms with E-state index in [1.807, 2.05) is 18.2 Å². The Balaban J connectivity index is 1.66. The summed E-state index contributed by atoms with van der Waals surface area (Å²) in [5.74, 6) is 2.45.